The second-order valence-electron chi connectivity index (χ2n) is 5.48. The van der Waals surface area contributed by atoms with Crippen LogP contribution in [0.4, 0.5) is 11.4 Å². The minimum atomic E-state index is -3.68. The maximum atomic E-state index is 11.4. The first-order chi connectivity index (χ1) is 9.41. The van der Waals surface area contributed by atoms with Gasteiger partial charge in [0, 0.05) is 13.1 Å². The fourth-order valence-corrected chi connectivity index (χ4v) is 3.38. The molecule has 112 valence electrons. The van der Waals surface area contributed by atoms with Crippen molar-refractivity contribution in [3.8, 4) is 0 Å². The molecule has 1 aromatic rings. The zero-order chi connectivity index (χ0) is 14.8. The molecule has 6 heteroatoms. The molecule has 0 unspecified atom stereocenters. The molecule has 1 heterocycles. The normalized spacial score (nSPS) is 17.4. The summed E-state index contributed by atoms with van der Waals surface area (Å²) in [6, 6.07) is 4.66. The number of primary sulfonamides is 1. The van der Waals surface area contributed by atoms with E-state index >= 15 is 0 Å². The summed E-state index contributed by atoms with van der Waals surface area (Å²) in [5.74, 6) is 0.777. The molecule has 20 heavy (non-hydrogen) atoms. The molecule has 1 fully saturated rings. The fraction of sp³-hybridized carbons (Fsp3) is 0.571. The van der Waals surface area contributed by atoms with Gasteiger partial charge in [0.15, 0.2) is 0 Å². The molecule has 0 aromatic heterocycles. The first kappa shape index (κ1) is 15.1. The van der Waals surface area contributed by atoms with Crippen molar-refractivity contribution in [2.45, 2.75) is 37.5 Å². The molecule has 0 bridgehead atoms. The number of sulfonamides is 1. The quantitative estimate of drug-likeness (QED) is 0.831. The van der Waals surface area contributed by atoms with Gasteiger partial charge in [-0.25, -0.2) is 13.6 Å². The van der Waals surface area contributed by atoms with Crippen molar-refractivity contribution < 1.29 is 8.42 Å². The van der Waals surface area contributed by atoms with Gasteiger partial charge >= 0.3 is 0 Å². The molecule has 1 aliphatic heterocycles. The Morgan fingerprint density at radius 2 is 1.95 bits per heavy atom. The maximum absolute atomic E-state index is 11.4. The number of nitrogens with zero attached hydrogens (tertiary/aromatic N) is 1. The van der Waals surface area contributed by atoms with Crippen LogP contribution in [0.5, 0.6) is 0 Å². The van der Waals surface area contributed by atoms with E-state index in [1.165, 1.54) is 18.9 Å². The molecule has 1 saturated heterocycles. The number of nitrogens with two attached hydrogens (primary N) is 2. The van der Waals surface area contributed by atoms with E-state index in [0.717, 1.165) is 37.5 Å². The van der Waals surface area contributed by atoms with Crippen LogP contribution in [0.1, 0.15) is 32.6 Å². The Bertz CT molecular complexity index is 564. The lowest BCUT2D eigenvalue weighted by Gasteiger charge is -2.34. The number of hydrogen-bond donors (Lipinski definition) is 2. The van der Waals surface area contributed by atoms with Crippen LogP contribution < -0.4 is 15.8 Å². The Morgan fingerprint density at radius 1 is 1.30 bits per heavy atom. The van der Waals surface area contributed by atoms with E-state index in [1.54, 1.807) is 12.1 Å². The minimum absolute atomic E-state index is 0.123. The smallest absolute Gasteiger partial charge is 0.238 e. The van der Waals surface area contributed by atoms with Crippen LogP contribution in [-0.2, 0) is 10.0 Å². The summed E-state index contributed by atoms with van der Waals surface area (Å²) >= 11 is 0. The topological polar surface area (TPSA) is 89.4 Å². The van der Waals surface area contributed by atoms with E-state index in [9.17, 15) is 8.42 Å². The maximum Gasteiger partial charge on any atom is 0.238 e. The predicted molar refractivity (Wildman–Crippen MR) is 82.1 cm³/mol. The first-order valence-electron chi connectivity index (χ1n) is 7.09. The molecule has 4 N–H and O–H groups in total. The van der Waals surface area contributed by atoms with Gasteiger partial charge in [0.2, 0.25) is 10.0 Å². The van der Waals surface area contributed by atoms with E-state index in [1.807, 2.05) is 0 Å². The number of rotatable bonds is 4. The predicted octanol–water partition coefficient (Wildman–Crippen LogP) is 1.93. The average molecular weight is 297 g/mol. The zero-order valence-electron chi connectivity index (χ0n) is 11.9. The number of hydrogen-bond acceptors (Lipinski definition) is 4. The van der Waals surface area contributed by atoms with Gasteiger partial charge in [0.1, 0.15) is 0 Å². The van der Waals surface area contributed by atoms with Gasteiger partial charge in [-0.3, -0.25) is 0 Å². The molecular formula is C14H23N3O2S. The van der Waals surface area contributed by atoms with Crippen molar-refractivity contribution >= 4 is 21.4 Å². The summed E-state index contributed by atoms with van der Waals surface area (Å²) in [6.45, 7) is 4.05. The molecule has 0 aliphatic carbocycles. The van der Waals surface area contributed by atoms with Crippen LogP contribution in [0.25, 0.3) is 0 Å². The van der Waals surface area contributed by atoms with Crippen molar-refractivity contribution in [3.63, 3.8) is 0 Å². The Labute approximate surface area is 121 Å². The second kappa shape index (κ2) is 6.01. The van der Waals surface area contributed by atoms with Crippen LogP contribution in [0.3, 0.4) is 0 Å². The summed E-state index contributed by atoms with van der Waals surface area (Å²) in [7, 11) is -3.68. The SMILES string of the molecule is CCCC1CCN(c2cc(S(N)(=O)=O)ccc2N)CC1. The second-order valence-corrected chi connectivity index (χ2v) is 7.05. The van der Waals surface area contributed by atoms with Crippen molar-refractivity contribution in [2.24, 2.45) is 11.1 Å². The number of anilines is 2. The van der Waals surface area contributed by atoms with Gasteiger partial charge in [-0.1, -0.05) is 19.8 Å². The highest BCUT2D eigenvalue weighted by atomic mass is 32.2. The van der Waals surface area contributed by atoms with E-state index < -0.39 is 10.0 Å². The monoisotopic (exact) mass is 297 g/mol. The van der Waals surface area contributed by atoms with Gasteiger partial charge in [-0.15, -0.1) is 0 Å². The molecule has 0 spiro atoms. The highest BCUT2D eigenvalue weighted by molar-refractivity contribution is 7.89. The molecule has 0 atom stereocenters. The van der Waals surface area contributed by atoms with Gasteiger partial charge in [0.05, 0.1) is 16.3 Å². The van der Waals surface area contributed by atoms with Crippen LogP contribution in [0.2, 0.25) is 0 Å². The third-order valence-electron chi connectivity index (χ3n) is 3.98. The standard InChI is InChI=1S/C14H23N3O2S/c1-2-3-11-6-8-17(9-7-11)14-10-12(20(16,18)19)4-5-13(14)15/h4-5,10-11H,2-3,6-9,15H2,1H3,(H2,16,18,19). The highest BCUT2D eigenvalue weighted by Gasteiger charge is 2.21. The van der Waals surface area contributed by atoms with Gasteiger partial charge < -0.3 is 10.6 Å². The molecule has 0 radical (unpaired) electrons. The van der Waals surface area contributed by atoms with Gasteiger partial charge in [0.25, 0.3) is 0 Å². The van der Waals surface area contributed by atoms with Crippen molar-refractivity contribution in [3.05, 3.63) is 18.2 Å². The number of benzene rings is 1. The lowest BCUT2D eigenvalue weighted by Crippen LogP contribution is -2.34. The highest BCUT2D eigenvalue weighted by Crippen LogP contribution is 2.31. The molecule has 1 aliphatic rings. The third-order valence-corrected chi connectivity index (χ3v) is 4.89. The van der Waals surface area contributed by atoms with E-state index in [0.29, 0.717) is 5.69 Å². The minimum Gasteiger partial charge on any atom is -0.397 e. The molecular weight excluding hydrogens is 274 g/mol. The summed E-state index contributed by atoms with van der Waals surface area (Å²) in [5.41, 5.74) is 7.37. The van der Waals surface area contributed by atoms with Gasteiger partial charge in [-0.05, 0) is 37.0 Å². The number of nitrogen functional groups attached to an aromatic ring is 1. The first-order valence-corrected chi connectivity index (χ1v) is 8.63. The fourth-order valence-electron chi connectivity index (χ4n) is 2.85. The van der Waals surface area contributed by atoms with Crippen molar-refractivity contribution in [1.82, 2.24) is 0 Å². The van der Waals surface area contributed by atoms with Crippen LogP contribution in [-0.4, -0.2) is 21.5 Å². The van der Waals surface area contributed by atoms with Crippen LogP contribution in [0.15, 0.2) is 23.1 Å². The summed E-state index contributed by atoms with van der Waals surface area (Å²) in [5, 5.41) is 5.18. The Balaban J connectivity index is 2.17. The molecule has 2 rings (SSSR count). The molecule has 0 amide bonds. The molecule has 0 saturated carbocycles. The van der Waals surface area contributed by atoms with Gasteiger partial charge in [-0.2, -0.15) is 0 Å². The van der Waals surface area contributed by atoms with Crippen LogP contribution in [0, 0.1) is 5.92 Å². The summed E-state index contributed by atoms with van der Waals surface area (Å²) < 4.78 is 22.9. The lowest BCUT2D eigenvalue weighted by molar-refractivity contribution is 0.378. The summed E-state index contributed by atoms with van der Waals surface area (Å²) in [6.07, 6.45) is 4.74. The zero-order valence-corrected chi connectivity index (χ0v) is 12.7. The lowest BCUT2D eigenvalue weighted by atomic mass is 9.92. The largest absolute Gasteiger partial charge is 0.397 e. The van der Waals surface area contributed by atoms with E-state index in [-0.39, 0.29) is 4.90 Å². The molecule has 5 nitrogen and oxygen atoms in total. The van der Waals surface area contributed by atoms with E-state index in [2.05, 4.69) is 11.8 Å². The Hall–Kier alpha value is -1.27. The van der Waals surface area contributed by atoms with E-state index in [4.69, 9.17) is 10.9 Å². The van der Waals surface area contributed by atoms with Crippen molar-refractivity contribution in [1.29, 1.82) is 0 Å². The summed E-state index contributed by atoms with van der Waals surface area (Å²) in [4.78, 5) is 2.29. The third kappa shape index (κ3) is 3.43. The Morgan fingerprint density at radius 3 is 2.50 bits per heavy atom. The van der Waals surface area contributed by atoms with Crippen molar-refractivity contribution in [2.75, 3.05) is 23.7 Å². The van der Waals surface area contributed by atoms with Crippen LogP contribution >= 0.6 is 0 Å². The Kier molecular flexibility index (Phi) is 4.55. The number of piperidine rings is 1. The average Bonchev–Trinajstić information content (AvgIpc) is 2.39. The molecule has 1 aromatic carbocycles.